The number of hydrogen-bond acceptors (Lipinski definition) is 4. The summed E-state index contributed by atoms with van der Waals surface area (Å²) in [6.45, 7) is 0.319. The van der Waals surface area contributed by atoms with Gasteiger partial charge in [-0.15, -0.1) is 0 Å². The van der Waals surface area contributed by atoms with Crippen LogP contribution < -0.4 is 15.2 Å². The Morgan fingerprint density at radius 2 is 2.19 bits per heavy atom. The fraction of sp³-hybridized carbons (Fsp3) is 0.333. The summed E-state index contributed by atoms with van der Waals surface area (Å²) in [7, 11) is -2.38. The summed E-state index contributed by atoms with van der Waals surface area (Å²) < 4.78 is 43.3. The fourth-order valence-electron chi connectivity index (χ4n) is 1.08. The van der Waals surface area contributed by atoms with E-state index < -0.39 is 15.8 Å². The monoisotopic (exact) mass is 248 g/mol. The molecule has 1 rings (SSSR count). The fourth-order valence-corrected chi connectivity index (χ4v) is 2.15. The van der Waals surface area contributed by atoms with Gasteiger partial charge in [-0.25, -0.2) is 17.5 Å². The number of halogens is 1. The number of hydrogen-bond donors (Lipinski definition) is 2. The standard InChI is InChI=1S/C9H13FN2O3S/c1-15-9-6-7(2-3-8(9)10)16(13,14)12-5-4-11/h2-3,6,12H,4-5,11H2,1H3. The van der Waals surface area contributed by atoms with Gasteiger partial charge in [0.05, 0.1) is 12.0 Å². The molecule has 0 saturated heterocycles. The maximum absolute atomic E-state index is 13.0. The average molecular weight is 248 g/mol. The molecular formula is C9H13FN2O3S. The van der Waals surface area contributed by atoms with Crippen molar-refractivity contribution in [1.29, 1.82) is 0 Å². The summed E-state index contributed by atoms with van der Waals surface area (Å²) in [6.07, 6.45) is 0. The van der Waals surface area contributed by atoms with Gasteiger partial charge in [0.15, 0.2) is 11.6 Å². The van der Waals surface area contributed by atoms with Gasteiger partial charge in [-0.2, -0.15) is 0 Å². The Balaban J connectivity index is 3.04. The molecule has 0 fully saturated rings. The van der Waals surface area contributed by atoms with Gasteiger partial charge in [-0.05, 0) is 12.1 Å². The summed E-state index contributed by atoms with van der Waals surface area (Å²) in [5.41, 5.74) is 5.18. The Kier molecular flexibility index (Phi) is 4.22. The van der Waals surface area contributed by atoms with Crippen molar-refractivity contribution in [2.24, 2.45) is 5.73 Å². The number of benzene rings is 1. The number of methoxy groups -OCH3 is 1. The van der Waals surface area contributed by atoms with Gasteiger partial charge in [0, 0.05) is 19.2 Å². The minimum Gasteiger partial charge on any atom is -0.494 e. The topological polar surface area (TPSA) is 81.4 Å². The number of ether oxygens (including phenoxy) is 1. The van der Waals surface area contributed by atoms with E-state index in [9.17, 15) is 12.8 Å². The quantitative estimate of drug-likeness (QED) is 0.772. The molecule has 90 valence electrons. The molecule has 7 heteroatoms. The minimum absolute atomic E-state index is 0.0563. The first kappa shape index (κ1) is 12.9. The summed E-state index contributed by atoms with van der Waals surface area (Å²) in [4.78, 5) is -0.0563. The Morgan fingerprint density at radius 3 is 2.75 bits per heavy atom. The van der Waals surface area contributed by atoms with Gasteiger partial charge >= 0.3 is 0 Å². The molecule has 0 bridgehead atoms. The second kappa shape index (κ2) is 5.24. The molecule has 0 aromatic heterocycles. The molecule has 1 aromatic carbocycles. The first-order valence-electron chi connectivity index (χ1n) is 4.54. The zero-order valence-corrected chi connectivity index (χ0v) is 9.55. The van der Waals surface area contributed by atoms with Gasteiger partial charge < -0.3 is 10.5 Å². The van der Waals surface area contributed by atoms with Gasteiger partial charge in [0.2, 0.25) is 10.0 Å². The molecule has 16 heavy (non-hydrogen) atoms. The largest absolute Gasteiger partial charge is 0.494 e. The lowest BCUT2D eigenvalue weighted by Gasteiger charge is -2.07. The molecule has 0 amide bonds. The van der Waals surface area contributed by atoms with Crippen LogP contribution in [0.1, 0.15) is 0 Å². The van der Waals surface area contributed by atoms with E-state index in [-0.39, 0.29) is 23.7 Å². The third-order valence-electron chi connectivity index (χ3n) is 1.87. The molecule has 0 unspecified atom stereocenters. The Labute approximate surface area is 93.5 Å². The van der Waals surface area contributed by atoms with Crippen molar-refractivity contribution in [1.82, 2.24) is 4.72 Å². The maximum Gasteiger partial charge on any atom is 0.240 e. The van der Waals surface area contributed by atoms with E-state index in [0.29, 0.717) is 0 Å². The molecule has 0 atom stereocenters. The molecule has 0 radical (unpaired) electrons. The summed E-state index contributed by atoms with van der Waals surface area (Å²) >= 11 is 0. The van der Waals surface area contributed by atoms with Crippen LogP contribution in [-0.4, -0.2) is 28.6 Å². The molecule has 0 spiro atoms. The van der Waals surface area contributed by atoms with Crippen molar-refractivity contribution in [2.45, 2.75) is 4.90 Å². The lowest BCUT2D eigenvalue weighted by molar-refractivity contribution is 0.385. The van der Waals surface area contributed by atoms with Crippen LogP contribution in [0.25, 0.3) is 0 Å². The van der Waals surface area contributed by atoms with Gasteiger partial charge in [-0.3, -0.25) is 0 Å². The highest BCUT2D eigenvalue weighted by molar-refractivity contribution is 7.89. The molecule has 0 aliphatic rings. The summed E-state index contributed by atoms with van der Waals surface area (Å²) in [5, 5.41) is 0. The van der Waals surface area contributed by atoms with Crippen LogP contribution >= 0.6 is 0 Å². The number of rotatable bonds is 5. The van der Waals surface area contributed by atoms with E-state index in [1.807, 2.05) is 0 Å². The van der Waals surface area contributed by atoms with E-state index in [0.717, 1.165) is 18.2 Å². The third-order valence-corrected chi connectivity index (χ3v) is 3.33. The Morgan fingerprint density at radius 1 is 1.50 bits per heavy atom. The van der Waals surface area contributed by atoms with Crippen LogP contribution in [0.2, 0.25) is 0 Å². The third kappa shape index (κ3) is 2.91. The van der Waals surface area contributed by atoms with Crippen LogP contribution in [-0.2, 0) is 10.0 Å². The van der Waals surface area contributed by atoms with E-state index >= 15 is 0 Å². The lowest BCUT2D eigenvalue weighted by Crippen LogP contribution is -2.29. The highest BCUT2D eigenvalue weighted by atomic mass is 32.2. The highest BCUT2D eigenvalue weighted by Crippen LogP contribution is 2.20. The number of nitrogens with one attached hydrogen (secondary N) is 1. The second-order valence-corrected chi connectivity index (χ2v) is 4.75. The van der Waals surface area contributed by atoms with Crippen LogP contribution in [0.3, 0.4) is 0 Å². The molecule has 0 aliphatic carbocycles. The molecule has 1 aromatic rings. The van der Waals surface area contributed by atoms with Crippen molar-refractivity contribution >= 4 is 10.0 Å². The zero-order valence-electron chi connectivity index (χ0n) is 8.73. The Bertz CT molecular complexity index is 462. The average Bonchev–Trinajstić information content (AvgIpc) is 2.27. The van der Waals surface area contributed by atoms with E-state index in [1.165, 1.54) is 7.11 Å². The predicted molar refractivity (Wildman–Crippen MR) is 57.2 cm³/mol. The van der Waals surface area contributed by atoms with Crippen LogP contribution in [0.15, 0.2) is 23.1 Å². The first-order chi connectivity index (χ1) is 7.51. The molecule has 0 heterocycles. The van der Waals surface area contributed by atoms with E-state index in [4.69, 9.17) is 10.5 Å². The minimum atomic E-state index is -3.65. The molecule has 0 aliphatic heterocycles. The molecule has 3 N–H and O–H groups in total. The van der Waals surface area contributed by atoms with Crippen LogP contribution in [0.5, 0.6) is 5.75 Å². The number of sulfonamides is 1. The van der Waals surface area contributed by atoms with Crippen molar-refractivity contribution < 1.29 is 17.5 Å². The van der Waals surface area contributed by atoms with E-state index in [2.05, 4.69) is 4.72 Å². The van der Waals surface area contributed by atoms with Gasteiger partial charge in [-0.1, -0.05) is 0 Å². The van der Waals surface area contributed by atoms with Crippen LogP contribution in [0.4, 0.5) is 4.39 Å². The SMILES string of the molecule is COc1cc(S(=O)(=O)NCCN)ccc1F. The van der Waals surface area contributed by atoms with E-state index in [1.54, 1.807) is 0 Å². The second-order valence-electron chi connectivity index (χ2n) is 2.98. The smallest absolute Gasteiger partial charge is 0.240 e. The van der Waals surface area contributed by atoms with Crippen LogP contribution in [0, 0.1) is 5.82 Å². The molecular weight excluding hydrogens is 235 g/mol. The van der Waals surface area contributed by atoms with Crippen molar-refractivity contribution in [2.75, 3.05) is 20.2 Å². The first-order valence-corrected chi connectivity index (χ1v) is 6.03. The molecule has 0 saturated carbocycles. The van der Waals surface area contributed by atoms with Gasteiger partial charge in [0.25, 0.3) is 0 Å². The lowest BCUT2D eigenvalue weighted by atomic mass is 10.3. The van der Waals surface area contributed by atoms with Crippen molar-refractivity contribution in [3.8, 4) is 5.75 Å². The van der Waals surface area contributed by atoms with Crippen molar-refractivity contribution in [3.63, 3.8) is 0 Å². The highest BCUT2D eigenvalue weighted by Gasteiger charge is 2.15. The number of nitrogens with two attached hydrogens (primary N) is 1. The maximum atomic E-state index is 13.0. The van der Waals surface area contributed by atoms with Crippen molar-refractivity contribution in [3.05, 3.63) is 24.0 Å². The van der Waals surface area contributed by atoms with Gasteiger partial charge in [0.1, 0.15) is 0 Å². The normalized spacial score (nSPS) is 11.4. The summed E-state index contributed by atoms with van der Waals surface area (Å²) in [6, 6.07) is 3.32. The Hall–Kier alpha value is -1.18. The zero-order chi connectivity index (χ0) is 12.2. The summed E-state index contributed by atoms with van der Waals surface area (Å²) in [5.74, 6) is -0.726. The molecule has 5 nitrogen and oxygen atoms in total. The predicted octanol–water partition coefficient (Wildman–Crippen LogP) is 0.0713.